The van der Waals surface area contributed by atoms with Crippen molar-refractivity contribution in [2.45, 2.75) is 5.41 Å². The Morgan fingerprint density at radius 1 is 0.688 bits per heavy atom. The van der Waals surface area contributed by atoms with Crippen molar-refractivity contribution in [2.24, 2.45) is 0 Å². The fraction of sp³-hybridized carbons (Fsp3) is 0.111. The third-order valence-corrected chi connectivity index (χ3v) is 7.00. The van der Waals surface area contributed by atoms with E-state index in [0.29, 0.717) is 5.75 Å². The van der Waals surface area contributed by atoms with Crippen molar-refractivity contribution in [1.82, 2.24) is 0 Å². The van der Waals surface area contributed by atoms with Crippen molar-refractivity contribution in [2.75, 3.05) is 13.2 Å². The number of fused-ring (bicyclic) bond motifs is 3. The van der Waals surface area contributed by atoms with Gasteiger partial charge in [0.2, 0.25) is 0 Å². The Balaban J connectivity index is 1.84. The van der Waals surface area contributed by atoms with Gasteiger partial charge < -0.3 is 14.9 Å². The fourth-order valence-electron chi connectivity index (χ4n) is 4.73. The minimum atomic E-state index is -0.568. The minimum absolute atomic E-state index is 0.0258. The molecule has 4 aromatic carbocycles. The van der Waals surface area contributed by atoms with Crippen LogP contribution >= 0.6 is 31.9 Å². The molecule has 0 heterocycles. The van der Waals surface area contributed by atoms with Crippen LogP contribution in [0.5, 0.6) is 11.5 Å². The van der Waals surface area contributed by atoms with Crippen molar-refractivity contribution in [3.05, 3.63) is 116 Å². The molecule has 5 heteroatoms. The van der Waals surface area contributed by atoms with Gasteiger partial charge in [-0.15, -0.1) is 0 Å². The summed E-state index contributed by atoms with van der Waals surface area (Å²) in [5.74, 6) is 0.948. The molecule has 32 heavy (non-hydrogen) atoms. The molecule has 0 aromatic heterocycles. The van der Waals surface area contributed by atoms with E-state index in [1.807, 2.05) is 24.3 Å². The average molecular weight is 552 g/mol. The molecule has 0 bridgehead atoms. The predicted molar refractivity (Wildman–Crippen MR) is 133 cm³/mol. The summed E-state index contributed by atoms with van der Waals surface area (Å²) >= 11 is 7.36. The van der Waals surface area contributed by atoms with Crippen molar-refractivity contribution in [3.63, 3.8) is 0 Å². The van der Waals surface area contributed by atoms with E-state index in [4.69, 9.17) is 9.84 Å². The highest BCUT2D eigenvalue weighted by molar-refractivity contribution is 9.10. The van der Waals surface area contributed by atoms with Gasteiger partial charge in [-0.3, -0.25) is 0 Å². The number of rotatable bonds is 5. The lowest BCUT2D eigenvalue weighted by molar-refractivity contribution is 0.201. The molecule has 3 nitrogen and oxygen atoms in total. The predicted octanol–water partition coefficient (Wildman–Crippen LogP) is 6.65. The third kappa shape index (κ3) is 3.36. The second-order valence-electron chi connectivity index (χ2n) is 7.77. The Kier molecular flexibility index (Phi) is 5.58. The highest BCUT2D eigenvalue weighted by atomic mass is 79.9. The molecule has 2 N–H and O–H groups in total. The lowest BCUT2D eigenvalue weighted by Gasteiger charge is -2.34. The van der Waals surface area contributed by atoms with Crippen LogP contribution < -0.4 is 4.74 Å². The number of aliphatic hydroxyl groups excluding tert-OH is 1. The van der Waals surface area contributed by atoms with E-state index in [1.165, 1.54) is 22.3 Å². The Morgan fingerprint density at radius 3 is 1.69 bits per heavy atom. The number of ether oxygens (including phenoxy) is 1. The molecule has 5 rings (SSSR count). The van der Waals surface area contributed by atoms with Crippen LogP contribution in [-0.2, 0) is 5.41 Å². The van der Waals surface area contributed by atoms with Gasteiger partial charge in [0.1, 0.15) is 18.1 Å². The summed E-state index contributed by atoms with van der Waals surface area (Å²) in [5.41, 5.74) is 6.31. The molecule has 0 unspecified atom stereocenters. The SMILES string of the molecule is OCCOc1ccc(C2(c3ccc(O)cc3)c3cc(Br)ccc3-c3ccc(Br)cc32)cc1. The summed E-state index contributed by atoms with van der Waals surface area (Å²) in [4.78, 5) is 0. The summed E-state index contributed by atoms with van der Waals surface area (Å²) in [6.07, 6.45) is 0. The van der Waals surface area contributed by atoms with Crippen LogP contribution in [0, 0.1) is 0 Å². The quantitative estimate of drug-likeness (QED) is 0.257. The van der Waals surface area contributed by atoms with Crippen molar-refractivity contribution < 1.29 is 14.9 Å². The van der Waals surface area contributed by atoms with Crippen molar-refractivity contribution in [1.29, 1.82) is 0 Å². The Bertz CT molecular complexity index is 1230. The molecule has 0 atom stereocenters. The standard InChI is InChI=1S/C27H20Br2O3/c28-19-5-11-23-24-12-6-20(29)16-26(24)27(25(23)15-19,17-1-7-21(31)8-2-17)18-3-9-22(10-4-18)32-14-13-30/h1-12,15-16,30-31H,13-14H2. The first kappa shape index (κ1) is 21.3. The van der Waals surface area contributed by atoms with Gasteiger partial charge in [-0.05, 0) is 81.9 Å². The summed E-state index contributed by atoms with van der Waals surface area (Å²) in [7, 11) is 0. The zero-order valence-corrected chi connectivity index (χ0v) is 20.2. The van der Waals surface area contributed by atoms with Crippen molar-refractivity contribution >= 4 is 31.9 Å². The van der Waals surface area contributed by atoms with Crippen LogP contribution in [0.4, 0.5) is 0 Å². The van der Waals surface area contributed by atoms with Gasteiger partial charge in [0, 0.05) is 8.95 Å². The molecule has 4 aromatic rings. The first-order valence-electron chi connectivity index (χ1n) is 10.3. The van der Waals surface area contributed by atoms with E-state index in [-0.39, 0.29) is 19.0 Å². The number of phenolic OH excluding ortho intramolecular Hbond substituents is 1. The van der Waals surface area contributed by atoms with E-state index >= 15 is 0 Å². The molecule has 160 valence electrons. The molecule has 0 saturated carbocycles. The van der Waals surface area contributed by atoms with Gasteiger partial charge in [0.15, 0.2) is 0 Å². The Hall–Kier alpha value is -2.60. The molecular weight excluding hydrogens is 532 g/mol. The number of hydrogen-bond donors (Lipinski definition) is 2. The summed E-state index contributed by atoms with van der Waals surface area (Å²) < 4.78 is 7.62. The average Bonchev–Trinajstić information content (AvgIpc) is 3.08. The minimum Gasteiger partial charge on any atom is -0.508 e. The second kappa shape index (κ2) is 8.39. The maximum atomic E-state index is 10.00. The number of hydrogen-bond acceptors (Lipinski definition) is 3. The summed E-state index contributed by atoms with van der Waals surface area (Å²) in [6, 6.07) is 28.4. The number of aromatic hydroxyl groups is 1. The molecular formula is C27H20Br2O3. The molecule has 0 aliphatic heterocycles. The van der Waals surface area contributed by atoms with Gasteiger partial charge in [0.05, 0.1) is 12.0 Å². The van der Waals surface area contributed by atoms with E-state index in [1.54, 1.807) is 12.1 Å². The smallest absolute Gasteiger partial charge is 0.119 e. The first-order valence-corrected chi connectivity index (χ1v) is 11.9. The molecule has 0 amide bonds. The van der Waals surface area contributed by atoms with Crippen LogP contribution in [0.1, 0.15) is 22.3 Å². The molecule has 0 radical (unpaired) electrons. The largest absolute Gasteiger partial charge is 0.508 e. The molecule has 1 aliphatic rings. The first-order chi connectivity index (χ1) is 15.5. The monoisotopic (exact) mass is 550 g/mol. The maximum Gasteiger partial charge on any atom is 0.119 e. The topological polar surface area (TPSA) is 49.7 Å². The van der Waals surface area contributed by atoms with Crippen LogP contribution in [-0.4, -0.2) is 23.4 Å². The van der Waals surface area contributed by atoms with E-state index < -0.39 is 5.41 Å². The molecule has 0 saturated heterocycles. The molecule has 0 fully saturated rings. The van der Waals surface area contributed by atoms with Gasteiger partial charge in [-0.2, -0.15) is 0 Å². The normalized spacial score (nSPS) is 13.5. The molecule has 1 aliphatic carbocycles. The van der Waals surface area contributed by atoms with Crippen LogP contribution in [0.25, 0.3) is 11.1 Å². The van der Waals surface area contributed by atoms with Gasteiger partial charge in [-0.1, -0.05) is 68.3 Å². The van der Waals surface area contributed by atoms with Crippen LogP contribution in [0.15, 0.2) is 93.9 Å². The maximum absolute atomic E-state index is 10.00. The summed E-state index contributed by atoms with van der Waals surface area (Å²) in [6.45, 7) is 0.232. The molecule has 0 spiro atoms. The highest BCUT2D eigenvalue weighted by Gasteiger charge is 2.46. The highest BCUT2D eigenvalue weighted by Crippen LogP contribution is 2.57. The number of aliphatic hydroxyl groups is 1. The number of halogens is 2. The zero-order chi connectivity index (χ0) is 22.3. The zero-order valence-electron chi connectivity index (χ0n) is 17.1. The second-order valence-corrected chi connectivity index (χ2v) is 9.60. The van der Waals surface area contributed by atoms with Crippen LogP contribution in [0.2, 0.25) is 0 Å². The number of benzene rings is 4. The van der Waals surface area contributed by atoms with Crippen molar-refractivity contribution in [3.8, 4) is 22.6 Å². The van der Waals surface area contributed by atoms with E-state index in [9.17, 15) is 5.11 Å². The number of phenols is 1. The van der Waals surface area contributed by atoms with E-state index in [0.717, 1.165) is 20.1 Å². The lowest BCUT2D eigenvalue weighted by Crippen LogP contribution is -2.28. The van der Waals surface area contributed by atoms with Gasteiger partial charge >= 0.3 is 0 Å². The third-order valence-electron chi connectivity index (χ3n) is 6.01. The summed E-state index contributed by atoms with van der Waals surface area (Å²) in [5, 5.41) is 19.1. The van der Waals surface area contributed by atoms with Crippen LogP contribution in [0.3, 0.4) is 0 Å². The van der Waals surface area contributed by atoms with E-state index in [2.05, 4.69) is 80.4 Å². The van der Waals surface area contributed by atoms with Gasteiger partial charge in [0.25, 0.3) is 0 Å². The lowest BCUT2D eigenvalue weighted by atomic mass is 9.68. The Morgan fingerprint density at radius 2 is 1.19 bits per heavy atom. The van der Waals surface area contributed by atoms with Gasteiger partial charge in [-0.25, -0.2) is 0 Å². The Labute approximate surface area is 203 Å². The fourth-order valence-corrected chi connectivity index (χ4v) is 5.46.